The molecule has 0 spiro atoms. The van der Waals surface area contributed by atoms with Crippen molar-refractivity contribution in [3.8, 4) is 0 Å². The SMILES string of the molecule is CSC(C)CNc1cc(F)ccc1N. The molecule has 1 unspecified atom stereocenters. The third-order valence-electron chi connectivity index (χ3n) is 2.00. The second-order valence-corrected chi connectivity index (χ2v) is 4.43. The number of rotatable bonds is 4. The minimum absolute atomic E-state index is 0.265. The van der Waals surface area contributed by atoms with Crippen molar-refractivity contribution < 1.29 is 4.39 Å². The zero-order chi connectivity index (χ0) is 10.6. The Balaban J connectivity index is 2.62. The van der Waals surface area contributed by atoms with E-state index in [-0.39, 0.29) is 5.82 Å². The van der Waals surface area contributed by atoms with Gasteiger partial charge in [0, 0.05) is 11.8 Å². The van der Waals surface area contributed by atoms with Gasteiger partial charge in [0.1, 0.15) is 5.82 Å². The lowest BCUT2D eigenvalue weighted by Gasteiger charge is -2.12. The second-order valence-electron chi connectivity index (χ2n) is 3.16. The van der Waals surface area contributed by atoms with Crippen LogP contribution in [-0.2, 0) is 0 Å². The Hall–Kier alpha value is -0.900. The second kappa shape index (κ2) is 5.10. The predicted octanol–water partition coefficient (Wildman–Crippen LogP) is 2.57. The fourth-order valence-electron chi connectivity index (χ4n) is 1.02. The Morgan fingerprint density at radius 1 is 1.57 bits per heavy atom. The third kappa shape index (κ3) is 3.10. The van der Waals surface area contributed by atoms with Crippen LogP contribution < -0.4 is 11.1 Å². The molecular formula is C10H15FN2S. The molecular weight excluding hydrogens is 199 g/mol. The zero-order valence-corrected chi connectivity index (χ0v) is 9.20. The molecule has 0 saturated heterocycles. The number of anilines is 2. The first-order chi connectivity index (χ1) is 6.63. The molecule has 0 heterocycles. The van der Waals surface area contributed by atoms with E-state index in [1.54, 1.807) is 17.8 Å². The van der Waals surface area contributed by atoms with E-state index in [1.165, 1.54) is 12.1 Å². The van der Waals surface area contributed by atoms with Crippen molar-refractivity contribution in [2.24, 2.45) is 0 Å². The molecule has 0 bridgehead atoms. The van der Waals surface area contributed by atoms with Gasteiger partial charge in [0.25, 0.3) is 0 Å². The van der Waals surface area contributed by atoms with Gasteiger partial charge in [-0.2, -0.15) is 11.8 Å². The predicted molar refractivity (Wildman–Crippen MR) is 62.3 cm³/mol. The van der Waals surface area contributed by atoms with Crippen LogP contribution in [0, 0.1) is 5.82 Å². The number of thioether (sulfide) groups is 1. The monoisotopic (exact) mass is 214 g/mol. The van der Waals surface area contributed by atoms with Gasteiger partial charge in [-0.05, 0) is 24.5 Å². The quantitative estimate of drug-likeness (QED) is 0.756. The summed E-state index contributed by atoms with van der Waals surface area (Å²) in [6.45, 7) is 2.89. The van der Waals surface area contributed by atoms with Crippen LogP contribution >= 0.6 is 11.8 Å². The summed E-state index contributed by atoms with van der Waals surface area (Å²) in [7, 11) is 0. The molecule has 2 nitrogen and oxygen atoms in total. The van der Waals surface area contributed by atoms with Crippen LogP contribution in [-0.4, -0.2) is 18.1 Å². The van der Waals surface area contributed by atoms with Crippen LogP contribution in [0.4, 0.5) is 15.8 Å². The van der Waals surface area contributed by atoms with E-state index in [2.05, 4.69) is 12.2 Å². The lowest BCUT2D eigenvalue weighted by molar-refractivity contribution is 0.628. The van der Waals surface area contributed by atoms with Crippen molar-refractivity contribution in [3.63, 3.8) is 0 Å². The summed E-state index contributed by atoms with van der Waals surface area (Å²) < 4.78 is 12.9. The lowest BCUT2D eigenvalue weighted by Crippen LogP contribution is -2.13. The van der Waals surface area contributed by atoms with Gasteiger partial charge in [0.05, 0.1) is 11.4 Å². The first-order valence-corrected chi connectivity index (χ1v) is 5.74. The number of hydrogen-bond donors (Lipinski definition) is 2. The molecule has 0 fully saturated rings. The molecule has 0 aromatic heterocycles. The number of halogens is 1. The van der Waals surface area contributed by atoms with Crippen LogP contribution in [0.25, 0.3) is 0 Å². The molecule has 0 aliphatic carbocycles. The van der Waals surface area contributed by atoms with E-state index in [4.69, 9.17) is 5.73 Å². The van der Waals surface area contributed by atoms with Gasteiger partial charge in [-0.25, -0.2) is 4.39 Å². The molecule has 0 radical (unpaired) electrons. The number of hydrogen-bond acceptors (Lipinski definition) is 3. The summed E-state index contributed by atoms with van der Waals surface area (Å²) in [4.78, 5) is 0. The lowest BCUT2D eigenvalue weighted by atomic mass is 10.2. The minimum Gasteiger partial charge on any atom is -0.397 e. The Bertz CT molecular complexity index is 304. The topological polar surface area (TPSA) is 38.0 Å². The third-order valence-corrected chi connectivity index (χ3v) is 2.97. The Morgan fingerprint density at radius 2 is 2.29 bits per heavy atom. The summed E-state index contributed by atoms with van der Waals surface area (Å²) >= 11 is 1.76. The summed E-state index contributed by atoms with van der Waals surface area (Å²) in [5.74, 6) is -0.265. The van der Waals surface area contributed by atoms with E-state index in [0.717, 1.165) is 6.54 Å². The summed E-state index contributed by atoms with van der Waals surface area (Å²) in [5.41, 5.74) is 6.94. The smallest absolute Gasteiger partial charge is 0.125 e. The van der Waals surface area contributed by atoms with E-state index in [9.17, 15) is 4.39 Å². The molecule has 0 aliphatic heterocycles. The minimum atomic E-state index is -0.265. The molecule has 3 N–H and O–H groups in total. The van der Waals surface area contributed by atoms with Gasteiger partial charge < -0.3 is 11.1 Å². The molecule has 4 heteroatoms. The molecule has 14 heavy (non-hydrogen) atoms. The fourth-order valence-corrected chi connectivity index (χ4v) is 1.27. The number of nitrogen functional groups attached to an aromatic ring is 1. The van der Waals surface area contributed by atoms with Crippen LogP contribution in [0.2, 0.25) is 0 Å². The highest BCUT2D eigenvalue weighted by atomic mass is 32.2. The molecule has 1 aromatic rings. The average molecular weight is 214 g/mol. The van der Waals surface area contributed by atoms with Crippen molar-refractivity contribution in [3.05, 3.63) is 24.0 Å². The molecule has 0 amide bonds. The maximum atomic E-state index is 12.9. The van der Waals surface area contributed by atoms with Crippen molar-refractivity contribution in [1.29, 1.82) is 0 Å². The van der Waals surface area contributed by atoms with Gasteiger partial charge >= 0.3 is 0 Å². The van der Waals surface area contributed by atoms with E-state index < -0.39 is 0 Å². The van der Waals surface area contributed by atoms with Crippen LogP contribution in [0.1, 0.15) is 6.92 Å². The Labute approximate surface area is 88.1 Å². The van der Waals surface area contributed by atoms with Crippen LogP contribution in [0.15, 0.2) is 18.2 Å². The molecule has 1 atom stereocenters. The summed E-state index contributed by atoms with van der Waals surface area (Å²) in [6.07, 6.45) is 2.04. The Morgan fingerprint density at radius 3 is 2.93 bits per heavy atom. The maximum Gasteiger partial charge on any atom is 0.125 e. The van der Waals surface area contributed by atoms with Gasteiger partial charge in [-0.15, -0.1) is 0 Å². The molecule has 0 aliphatic rings. The highest BCUT2D eigenvalue weighted by Gasteiger charge is 2.03. The van der Waals surface area contributed by atoms with Gasteiger partial charge in [0.15, 0.2) is 0 Å². The van der Waals surface area contributed by atoms with Crippen molar-refractivity contribution in [2.45, 2.75) is 12.2 Å². The van der Waals surface area contributed by atoms with E-state index in [0.29, 0.717) is 16.6 Å². The summed E-state index contributed by atoms with van der Waals surface area (Å²) in [5, 5.41) is 3.60. The van der Waals surface area contributed by atoms with Crippen LogP contribution in [0.5, 0.6) is 0 Å². The largest absolute Gasteiger partial charge is 0.397 e. The fraction of sp³-hybridized carbons (Fsp3) is 0.400. The molecule has 0 saturated carbocycles. The van der Waals surface area contributed by atoms with E-state index >= 15 is 0 Å². The highest BCUT2D eigenvalue weighted by molar-refractivity contribution is 7.99. The molecule has 1 rings (SSSR count). The summed E-state index contributed by atoms with van der Waals surface area (Å²) in [6, 6.07) is 4.35. The van der Waals surface area contributed by atoms with E-state index in [1.807, 2.05) is 6.26 Å². The standard InChI is InChI=1S/C10H15FN2S/c1-7(14-2)6-13-10-5-8(11)3-4-9(10)12/h3-5,7,13H,6,12H2,1-2H3. The van der Waals surface area contributed by atoms with Crippen molar-refractivity contribution >= 4 is 23.1 Å². The maximum absolute atomic E-state index is 12.9. The molecule has 78 valence electrons. The first kappa shape index (κ1) is 11.2. The normalized spacial score (nSPS) is 12.5. The zero-order valence-electron chi connectivity index (χ0n) is 8.38. The van der Waals surface area contributed by atoms with Crippen LogP contribution in [0.3, 0.4) is 0 Å². The highest BCUT2D eigenvalue weighted by Crippen LogP contribution is 2.19. The van der Waals surface area contributed by atoms with Crippen molar-refractivity contribution in [1.82, 2.24) is 0 Å². The van der Waals surface area contributed by atoms with Crippen molar-refractivity contribution in [2.75, 3.05) is 23.9 Å². The average Bonchev–Trinajstić information content (AvgIpc) is 2.19. The van der Waals surface area contributed by atoms with Gasteiger partial charge in [-0.3, -0.25) is 0 Å². The molecule has 1 aromatic carbocycles. The van der Waals surface area contributed by atoms with Gasteiger partial charge in [-0.1, -0.05) is 6.92 Å². The Kier molecular flexibility index (Phi) is 4.07. The number of nitrogens with two attached hydrogens (primary N) is 1. The van der Waals surface area contributed by atoms with Gasteiger partial charge in [0.2, 0.25) is 0 Å². The first-order valence-electron chi connectivity index (χ1n) is 4.45. The number of benzene rings is 1. The number of nitrogens with one attached hydrogen (secondary N) is 1.